The number of phenols is 1. The molecule has 0 aliphatic heterocycles. The molecule has 178 valence electrons. The molecule has 3 atom stereocenters. The molecule has 1 fully saturated rings. The second-order valence-corrected chi connectivity index (χ2v) is 11.8. The van der Waals surface area contributed by atoms with Crippen molar-refractivity contribution in [2.45, 2.75) is 49.7 Å². The fraction of sp³-hybridized carbons (Fsp3) is 0.455. The lowest BCUT2D eigenvalue weighted by Gasteiger charge is -2.44. The Morgan fingerprint density at radius 3 is 2.48 bits per heavy atom. The quantitative estimate of drug-likeness (QED) is 0.412. The standard InChI is InChI=1S/C22H26ClN3O6S/c1-22(2)9-7-14-11(8-10-32-14)21(22)25-16-15(18(28)19(16)29)24-13-6-5-12(23)20(17(13)27)33(30,31)26(3)4/h5-6,8,10,15-16,21,24-25,27H,7,9H2,1-4H3/t15?,16?,21-/m1/s1. The van der Waals surface area contributed by atoms with Crippen LogP contribution >= 0.6 is 11.6 Å². The van der Waals surface area contributed by atoms with Crippen molar-refractivity contribution in [3.05, 3.63) is 40.8 Å². The normalized spacial score (nSPS) is 24.5. The molecule has 2 unspecified atom stereocenters. The topological polar surface area (TPSA) is 129 Å². The number of carbonyl (C=O) groups is 2. The Balaban J connectivity index is 1.63. The van der Waals surface area contributed by atoms with Crippen molar-refractivity contribution in [3.63, 3.8) is 0 Å². The zero-order valence-corrected chi connectivity index (χ0v) is 20.2. The van der Waals surface area contributed by atoms with Crippen molar-refractivity contribution >= 4 is 38.9 Å². The Hall–Kier alpha value is -2.40. The minimum Gasteiger partial charge on any atom is -0.504 e. The van der Waals surface area contributed by atoms with Gasteiger partial charge in [0.15, 0.2) is 5.75 Å². The highest BCUT2D eigenvalue weighted by atomic mass is 35.5. The molecule has 1 aromatic carbocycles. The van der Waals surface area contributed by atoms with Gasteiger partial charge in [-0.15, -0.1) is 0 Å². The van der Waals surface area contributed by atoms with E-state index in [2.05, 4.69) is 24.5 Å². The summed E-state index contributed by atoms with van der Waals surface area (Å²) in [6.07, 6.45) is 3.24. The lowest BCUT2D eigenvalue weighted by molar-refractivity contribution is -0.146. The summed E-state index contributed by atoms with van der Waals surface area (Å²) in [7, 11) is -1.43. The number of rotatable bonds is 6. The van der Waals surface area contributed by atoms with Gasteiger partial charge >= 0.3 is 0 Å². The van der Waals surface area contributed by atoms with E-state index in [0.717, 1.165) is 28.5 Å². The third-order valence-corrected chi connectivity index (χ3v) is 8.81. The van der Waals surface area contributed by atoms with Gasteiger partial charge in [0, 0.05) is 32.1 Å². The third-order valence-electron chi connectivity index (χ3n) is 6.49. The molecule has 4 rings (SSSR count). The summed E-state index contributed by atoms with van der Waals surface area (Å²) in [6, 6.07) is 2.49. The molecule has 2 aromatic rings. The first-order valence-electron chi connectivity index (χ1n) is 10.5. The number of aryl methyl sites for hydroxylation is 1. The second kappa shape index (κ2) is 8.12. The number of anilines is 1. The average molecular weight is 496 g/mol. The molecule has 1 aromatic heterocycles. The van der Waals surface area contributed by atoms with E-state index < -0.39 is 44.3 Å². The van der Waals surface area contributed by atoms with Gasteiger partial charge in [0.05, 0.1) is 17.0 Å². The van der Waals surface area contributed by atoms with Crippen molar-refractivity contribution in [2.24, 2.45) is 5.41 Å². The summed E-state index contributed by atoms with van der Waals surface area (Å²) in [5.74, 6) is -0.992. The molecular weight excluding hydrogens is 470 g/mol. The Morgan fingerprint density at radius 1 is 1.15 bits per heavy atom. The maximum Gasteiger partial charge on any atom is 0.247 e. The van der Waals surface area contributed by atoms with Crippen molar-refractivity contribution in [2.75, 3.05) is 19.4 Å². The first-order chi connectivity index (χ1) is 15.4. The monoisotopic (exact) mass is 495 g/mol. The maximum absolute atomic E-state index is 12.6. The summed E-state index contributed by atoms with van der Waals surface area (Å²) in [5.41, 5.74) is 0.741. The molecule has 0 bridgehead atoms. The van der Waals surface area contributed by atoms with Crippen LogP contribution in [0.4, 0.5) is 5.69 Å². The third kappa shape index (κ3) is 3.84. The lowest BCUT2D eigenvalue weighted by Crippen LogP contribution is -2.68. The van der Waals surface area contributed by atoms with Crippen LogP contribution in [-0.2, 0) is 26.0 Å². The van der Waals surface area contributed by atoms with Crippen molar-refractivity contribution in [1.29, 1.82) is 0 Å². The van der Waals surface area contributed by atoms with Gasteiger partial charge in [-0.25, -0.2) is 12.7 Å². The Morgan fingerprint density at radius 2 is 1.82 bits per heavy atom. The number of nitrogens with one attached hydrogen (secondary N) is 2. The largest absolute Gasteiger partial charge is 0.504 e. The van der Waals surface area contributed by atoms with E-state index in [0.29, 0.717) is 0 Å². The van der Waals surface area contributed by atoms with Crippen LogP contribution in [0.15, 0.2) is 33.8 Å². The molecule has 1 saturated carbocycles. The minimum atomic E-state index is -4.05. The lowest BCUT2D eigenvalue weighted by atomic mass is 9.71. The van der Waals surface area contributed by atoms with E-state index in [1.54, 1.807) is 6.26 Å². The predicted octanol–water partition coefficient (Wildman–Crippen LogP) is 2.49. The van der Waals surface area contributed by atoms with E-state index in [9.17, 15) is 23.1 Å². The number of aromatic hydroxyl groups is 1. The summed E-state index contributed by atoms with van der Waals surface area (Å²) in [5, 5.41) is 16.7. The molecule has 2 aliphatic carbocycles. The number of furan rings is 1. The van der Waals surface area contributed by atoms with Gasteiger partial charge in [-0.05, 0) is 30.0 Å². The van der Waals surface area contributed by atoms with Gasteiger partial charge in [0.2, 0.25) is 21.6 Å². The Bertz CT molecular complexity index is 1240. The summed E-state index contributed by atoms with van der Waals surface area (Å²) >= 11 is 6.06. The number of hydrogen-bond acceptors (Lipinski definition) is 8. The molecule has 3 N–H and O–H groups in total. The zero-order valence-electron chi connectivity index (χ0n) is 18.7. The first-order valence-corrected chi connectivity index (χ1v) is 12.3. The van der Waals surface area contributed by atoms with Crippen LogP contribution in [0.3, 0.4) is 0 Å². The minimum absolute atomic E-state index is 0.00983. The van der Waals surface area contributed by atoms with E-state index in [4.69, 9.17) is 16.0 Å². The smallest absolute Gasteiger partial charge is 0.247 e. The van der Waals surface area contributed by atoms with Crippen molar-refractivity contribution in [3.8, 4) is 5.75 Å². The van der Waals surface area contributed by atoms with Crippen LogP contribution in [-0.4, -0.2) is 55.6 Å². The van der Waals surface area contributed by atoms with Gasteiger partial charge in [-0.1, -0.05) is 25.4 Å². The fourth-order valence-electron chi connectivity index (χ4n) is 4.40. The molecule has 33 heavy (non-hydrogen) atoms. The Kier molecular flexibility index (Phi) is 5.84. The van der Waals surface area contributed by atoms with Gasteiger partial charge < -0.3 is 14.8 Å². The highest BCUT2D eigenvalue weighted by Gasteiger charge is 2.52. The number of nitrogens with zero attached hydrogens (tertiary/aromatic N) is 1. The van der Waals surface area contributed by atoms with Crippen LogP contribution in [0.1, 0.15) is 37.6 Å². The number of benzene rings is 1. The van der Waals surface area contributed by atoms with Crippen LogP contribution in [0.5, 0.6) is 5.75 Å². The highest BCUT2D eigenvalue weighted by Crippen LogP contribution is 2.45. The predicted molar refractivity (Wildman–Crippen MR) is 122 cm³/mol. The number of halogens is 1. The van der Waals surface area contributed by atoms with E-state index in [-0.39, 0.29) is 22.2 Å². The molecule has 0 saturated heterocycles. The molecule has 2 aliphatic rings. The SMILES string of the molecule is CN(C)S(=O)(=O)c1c(Cl)ccc(NC2C(=O)C(=O)C2N[C@@H]2c3ccoc3CCC2(C)C)c1O. The van der Waals surface area contributed by atoms with Gasteiger partial charge in [0.25, 0.3) is 0 Å². The molecule has 9 nitrogen and oxygen atoms in total. The number of carbonyl (C=O) groups excluding carboxylic acids is 2. The number of ketones is 2. The molecule has 1 heterocycles. The highest BCUT2D eigenvalue weighted by molar-refractivity contribution is 7.89. The molecule has 0 spiro atoms. The second-order valence-electron chi connectivity index (χ2n) is 9.28. The number of Topliss-reactive ketones (excluding diaryl/α,β-unsaturated/α-hetero) is 2. The first kappa shape index (κ1) is 23.7. The van der Waals surface area contributed by atoms with E-state index in [1.807, 2.05) is 6.07 Å². The molecule has 0 radical (unpaired) electrons. The number of phenolic OH excluding ortho intramolecular Hbond substituents is 1. The van der Waals surface area contributed by atoms with Gasteiger partial charge in [-0.3, -0.25) is 14.9 Å². The van der Waals surface area contributed by atoms with E-state index >= 15 is 0 Å². The number of fused-ring (bicyclic) bond motifs is 1. The maximum atomic E-state index is 12.6. The fourth-order valence-corrected chi connectivity index (χ4v) is 5.88. The van der Waals surface area contributed by atoms with Crippen LogP contribution in [0, 0.1) is 5.41 Å². The van der Waals surface area contributed by atoms with Crippen LogP contribution in [0.25, 0.3) is 0 Å². The van der Waals surface area contributed by atoms with E-state index in [1.165, 1.54) is 26.2 Å². The van der Waals surface area contributed by atoms with Gasteiger partial charge in [0.1, 0.15) is 22.7 Å². The molecular formula is C22H26ClN3O6S. The number of hydrogen-bond donors (Lipinski definition) is 3. The molecule has 11 heteroatoms. The number of sulfonamides is 1. The Labute approximate surface area is 197 Å². The van der Waals surface area contributed by atoms with Crippen LogP contribution < -0.4 is 10.6 Å². The molecule has 0 amide bonds. The summed E-state index contributed by atoms with van der Waals surface area (Å²) < 4.78 is 31.7. The summed E-state index contributed by atoms with van der Waals surface area (Å²) in [4.78, 5) is 24.5. The van der Waals surface area contributed by atoms with Gasteiger partial charge in [-0.2, -0.15) is 0 Å². The van der Waals surface area contributed by atoms with Crippen LogP contribution in [0.2, 0.25) is 5.02 Å². The van der Waals surface area contributed by atoms with Crippen molar-refractivity contribution in [1.82, 2.24) is 9.62 Å². The summed E-state index contributed by atoms with van der Waals surface area (Å²) in [6.45, 7) is 4.16. The van der Waals surface area contributed by atoms with Crippen molar-refractivity contribution < 1.29 is 27.5 Å². The average Bonchev–Trinajstić information content (AvgIpc) is 3.21. The zero-order chi connectivity index (χ0) is 24.3.